The molecule has 2 rings (SSSR count). The normalized spacial score (nSPS) is 16.0. The van der Waals surface area contributed by atoms with Gasteiger partial charge in [0.25, 0.3) is 0 Å². The summed E-state index contributed by atoms with van der Waals surface area (Å²) in [6.45, 7) is 3.99. The van der Waals surface area contributed by atoms with Gasteiger partial charge in [0.15, 0.2) is 0 Å². The molecule has 0 spiro atoms. The Morgan fingerprint density at radius 2 is 1.95 bits per heavy atom. The molecule has 0 unspecified atom stereocenters. The van der Waals surface area contributed by atoms with Crippen LogP contribution < -0.4 is 10.1 Å². The molecule has 1 heterocycles. The first-order chi connectivity index (χ1) is 10.3. The SMILES string of the molecule is COc1ccc(C=CC(=O)NCCN2CCCCC2)cc1. The number of methoxy groups -OCH3 is 1. The first-order valence-electron chi connectivity index (χ1n) is 7.60. The molecule has 1 N–H and O–H groups in total. The van der Waals surface area contributed by atoms with E-state index in [1.165, 1.54) is 19.3 Å². The number of carbonyl (C=O) groups excluding carboxylic acids is 1. The second kappa shape index (κ2) is 8.47. The molecular weight excluding hydrogens is 264 g/mol. The van der Waals surface area contributed by atoms with Gasteiger partial charge in [0.2, 0.25) is 5.91 Å². The molecule has 1 aliphatic rings. The van der Waals surface area contributed by atoms with Gasteiger partial charge in [-0.25, -0.2) is 0 Å². The van der Waals surface area contributed by atoms with Crippen LogP contribution in [0.15, 0.2) is 30.3 Å². The summed E-state index contributed by atoms with van der Waals surface area (Å²) in [5, 5.41) is 2.93. The van der Waals surface area contributed by atoms with Crippen LogP contribution in [0.5, 0.6) is 5.75 Å². The highest BCUT2D eigenvalue weighted by Gasteiger charge is 2.09. The molecule has 1 fully saturated rings. The Hall–Kier alpha value is -1.81. The fourth-order valence-electron chi connectivity index (χ4n) is 2.47. The number of hydrogen-bond acceptors (Lipinski definition) is 3. The van der Waals surface area contributed by atoms with E-state index in [4.69, 9.17) is 4.74 Å². The van der Waals surface area contributed by atoms with Gasteiger partial charge in [-0.2, -0.15) is 0 Å². The van der Waals surface area contributed by atoms with Crippen LogP contribution in [0, 0.1) is 0 Å². The van der Waals surface area contributed by atoms with Crippen molar-refractivity contribution in [3.8, 4) is 5.75 Å². The molecule has 0 bridgehead atoms. The van der Waals surface area contributed by atoms with E-state index in [0.717, 1.165) is 30.9 Å². The summed E-state index contributed by atoms with van der Waals surface area (Å²) < 4.78 is 5.10. The molecule has 1 saturated heterocycles. The smallest absolute Gasteiger partial charge is 0.244 e. The molecule has 1 aliphatic heterocycles. The molecule has 0 aromatic heterocycles. The van der Waals surface area contributed by atoms with E-state index < -0.39 is 0 Å². The Balaban J connectivity index is 1.69. The Morgan fingerprint density at radius 3 is 2.62 bits per heavy atom. The van der Waals surface area contributed by atoms with Crippen LogP contribution in [0.2, 0.25) is 0 Å². The van der Waals surface area contributed by atoms with Crippen molar-refractivity contribution in [2.24, 2.45) is 0 Å². The lowest BCUT2D eigenvalue weighted by Crippen LogP contribution is -2.37. The van der Waals surface area contributed by atoms with Crippen LogP contribution in [0.1, 0.15) is 24.8 Å². The maximum absolute atomic E-state index is 11.7. The first-order valence-corrected chi connectivity index (χ1v) is 7.60. The molecule has 1 amide bonds. The van der Waals surface area contributed by atoms with Gasteiger partial charge in [0, 0.05) is 19.2 Å². The van der Waals surface area contributed by atoms with Crippen LogP contribution in [0.4, 0.5) is 0 Å². The lowest BCUT2D eigenvalue weighted by molar-refractivity contribution is -0.116. The molecule has 4 heteroatoms. The van der Waals surface area contributed by atoms with Crippen molar-refractivity contribution in [2.45, 2.75) is 19.3 Å². The number of piperidine rings is 1. The van der Waals surface area contributed by atoms with Crippen molar-refractivity contribution >= 4 is 12.0 Å². The number of hydrogen-bond donors (Lipinski definition) is 1. The van der Waals surface area contributed by atoms with Gasteiger partial charge < -0.3 is 15.0 Å². The molecule has 1 aromatic carbocycles. The highest BCUT2D eigenvalue weighted by Crippen LogP contribution is 2.12. The van der Waals surface area contributed by atoms with E-state index in [1.54, 1.807) is 13.2 Å². The predicted octanol–water partition coefficient (Wildman–Crippen LogP) is 2.31. The lowest BCUT2D eigenvalue weighted by atomic mass is 10.1. The Labute approximate surface area is 126 Å². The third kappa shape index (κ3) is 5.60. The molecule has 0 saturated carbocycles. The summed E-state index contributed by atoms with van der Waals surface area (Å²) in [5.41, 5.74) is 0.988. The van der Waals surface area contributed by atoms with Crippen molar-refractivity contribution in [3.05, 3.63) is 35.9 Å². The molecule has 0 atom stereocenters. The zero-order chi connectivity index (χ0) is 14.9. The van der Waals surface area contributed by atoms with Crippen LogP contribution >= 0.6 is 0 Å². The third-order valence-electron chi connectivity index (χ3n) is 3.72. The monoisotopic (exact) mass is 288 g/mol. The van der Waals surface area contributed by atoms with Crippen molar-refractivity contribution in [3.63, 3.8) is 0 Å². The zero-order valence-corrected chi connectivity index (χ0v) is 12.7. The quantitative estimate of drug-likeness (QED) is 0.817. The largest absolute Gasteiger partial charge is 0.497 e. The van der Waals surface area contributed by atoms with E-state index in [-0.39, 0.29) is 5.91 Å². The number of likely N-dealkylation sites (tertiary alicyclic amines) is 1. The summed E-state index contributed by atoms with van der Waals surface area (Å²) in [6.07, 6.45) is 7.30. The first kappa shape index (κ1) is 15.6. The average Bonchev–Trinajstić information content (AvgIpc) is 2.54. The molecule has 0 radical (unpaired) electrons. The van der Waals surface area contributed by atoms with Gasteiger partial charge in [-0.1, -0.05) is 18.6 Å². The fourth-order valence-corrected chi connectivity index (χ4v) is 2.47. The predicted molar refractivity (Wildman–Crippen MR) is 85.3 cm³/mol. The number of carbonyl (C=O) groups is 1. The minimum atomic E-state index is -0.0390. The van der Waals surface area contributed by atoms with E-state index >= 15 is 0 Å². The van der Waals surface area contributed by atoms with Crippen molar-refractivity contribution in [1.29, 1.82) is 0 Å². The van der Waals surface area contributed by atoms with E-state index in [0.29, 0.717) is 6.54 Å². The average molecular weight is 288 g/mol. The van der Waals surface area contributed by atoms with E-state index in [1.807, 2.05) is 30.3 Å². The second-order valence-electron chi connectivity index (χ2n) is 5.30. The standard InChI is InChI=1S/C17H24N2O2/c1-21-16-8-5-15(6-9-16)7-10-17(20)18-11-14-19-12-3-2-4-13-19/h5-10H,2-4,11-14H2,1H3,(H,18,20). The van der Waals surface area contributed by atoms with Gasteiger partial charge in [0.05, 0.1) is 7.11 Å². The minimum Gasteiger partial charge on any atom is -0.497 e. The number of rotatable bonds is 6. The lowest BCUT2D eigenvalue weighted by Gasteiger charge is -2.26. The number of amides is 1. The molecule has 114 valence electrons. The minimum absolute atomic E-state index is 0.0390. The van der Waals surface area contributed by atoms with Crippen LogP contribution in [-0.2, 0) is 4.79 Å². The summed E-state index contributed by atoms with van der Waals surface area (Å²) in [6, 6.07) is 7.62. The Morgan fingerprint density at radius 1 is 1.24 bits per heavy atom. The van der Waals surface area contributed by atoms with Gasteiger partial charge >= 0.3 is 0 Å². The summed E-state index contributed by atoms with van der Waals surface area (Å²) in [5.74, 6) is 0.779. The Bertz CT molecular complexity index is 462. The number of ether oxygens (including phenoxy) is 1. The van der Waals surface area contributed by atoms with Crippen molar-refractivity contribution < 1.29 is 9.53 Å². The Kier molecular flexibility index (Phi) is 6.28. The summed E-state index contributed by atoms with van der Waals surface area (Å²) in [4.78, 5) is 14.2. The summed E-state index contributed by atoms with van der Waals surface area (Å²) in [7, 11) is 1.64. The topological polar surface area (TPSA) is 41.6 Å². The maximum Gasteiger partial charge on any atom is 0.244 e. The maximum atomic E-state index is 11.7. The van der Waals surface area contributed by atoms with Crippen LogP contribution in [0.3, 0.4) is 0 Å². The third-order valence-corrected chi connectivity index (χ3v) is 3.72. The van der Waals surface area contributed by atoms with Crippen molar-refractivity contribution in [2.75, 3.05) is 33.3 Å². The highest BCUT2D eigenvalue weighted by atomic mass is 16.5. The van der Waals surface area contributed by atoms with Gasteiger partial charge in [-0.3, -0.25) is 4.79 Å². The zero-order valence-electron chi connectivity index (χ0n) is 12.7. The van der Waals surface area contributed by atoms with Crippen molar-refractivity contribution in [1.82, 2.24) is 10.2 Å². The number of benzene rings is 1. The highest BCUT2D eigenvalue weighted by molar-refractivity contribution is 5.91. The van der Waals surface area contributed by atoms with E-state index in [2.05, 4.69) is 10.2 Å². The van der Waals surface area contributed by atoms with E-state index in [9.17, 15) is 4.79 Å². The molecule has 21 heavy (non-hydrogen) atoms. The molecule has 0 aliphatic carbocycles. The molecular formula is C17H24N2O2. The molecule has 1 aromatic rings. The molecule has 4 nitrogen and oxygen atoms in total. The van der Waals surface area contributed by atoms with Gasteiger partial charge in [-0.05, 0) is 49.7 Å². The fraction of sp³-hybridized carbons (Fsp3) is 0.471. The van der Waals surface area contributed by atoms with Gasteiger partial charge in [0.1, 0.15) is 5.75 Å². The number of nitrogens with zero attached hydrogens (tertiary/aromatic N) is 1. The number of nitrogens with one attached hydrogen (secondary N) is 1. The summed E-state index contributed by atoms with van der Waals surface area (Å²) >= 11 is 0. The van der Waals surface area contributed by atoms with Crippen LogP contribution in [0.25, 0.3) is 6.08 Å². The second-order valence-corrected chi connectivity index (χ2v) is 5.30. The van der Waals surface area contributed by atoms with Gasteiger partial charge in [-0.15, -0.1) is 0 Å². The van der Waals surface area contributed by atoms with Crippen LogP contribution in [-0.4, -0.2) is 44.1 Å².